The number of nitrogens with zero attached hydrogens (tertiary/aromatic N) is 1. The summed E-state index contributed by atoms with van der Waals surface area (Å²) in [5.41, 5.74) is -0.294. The third-order valence-electron chi connectivity index (χ3n) is 4.57. The van der Waals surface area contributed by atoms with Crippen LogP contribution in [0.2, 0.25) is 0 Å². The molecule has 3 nitrogen and oxygen atoms in total. The molecule has 0 bridgehead atoms. The predicted octanol–water partition coefficient (Wildman–Crippen LogP) is 2.47. The Morgan fingerprint density at radius 2 is 2.18 bits per heavy atom. The molecule has 0 aromatic rings. The van der Waals surface area contributed by atoms with E-state index in [2.05, 4.69) is 25.2 Å². The van der Waals surface area contributed by atoms with Crippen LogP contribution in [0.4, 0.5) is 0 Å². The van der Waals surface area contributed by atoms with Crippen molar-refractivity contribution in [2.75, 3.05) is 13.2 Å². The number of rotatable bonds is 3. The highest BCUT2D eigenvalue weighted by atomic mass is 16.5. The lowest BCUT2D eigenvalue weighted by atomic mass is 9.72. The summed E-state index contributed by atoms with van der Waals surface area (Å²) in [6.45, 7) is 6.30. The van der Waals surface area contributed by atoms with Crippen molar-refractivity contribution < 1.29 is 4.74 Å². The van der Waals surface area contributed by atoms with Gasteiger partial charge in [-0.05, 0) is 43.9 Å². The molecule has 96 valence electrons. The molecule has 2 fully saturated rings. The summed E-state index contributed by atoms with van der Waals surface area (Å²) in [7, 11) is 0. The summed E-state index contributed by atoms with van der Waals surface area (Å²) < 4.78 is 5.61. The van der Waals surface area contributed by atoms with Gasteiger partial charge in [0.15, 0.2) is 0 Å². The molecule has 4 unspecified atom stereocenters. The Kier molecular flexibility index (Phi) is 4.06. The zero-order valence-corrected chi connectivity index (χ0v) is 11.0. The smallest absolute Gasteiger partial charge is 0.107 e. The summed E-state index contributed by atoms with van der Waals surface area (Å²) in [4.78, 5) is 0. The summed E-state index contributed by atoms with van der Waals surface area (Å²) in [6, 6.07) is 2.53. The first kappa shape index (κ1) is 12.9. The van der Waals surface area contributed by atoms with Crippen molar-refractivity contribution in [1.29, 1.82) is 5.26 Å². The van der Waals surface area contributed by atoms with Crippen molar-refractivity contribution in [2.24, 2.45) is 11.8 Å². The van der Waals surface area contributed by atoms with E-state index in [1.165, 1.54) is 6.42 Å². The average molecular weight is 236 g/mol. The van der Waals surface area contributed by atoms with Gasteiger partial charge in [-0.25, -0.2) is 0 Å². The van der Waals surface area contributed by atoms with Crippen molar-refractivity contribution in [1.82, 2.24) is 5.32 Å². The minimum Gasteiger partial charge on any atom is -0.377 e. The van der Waals surface area contributed by atoms with Crippen molar-refractivity contribution in [3.05, 3.63) is 0 Å². The highest BCUT2D eigenvalue weighted by Crippen LogP contribution is 2.36. The molecule has 1 N–H and O–H groups in total. The molecule has 17 heavy (non-hydrogen) atoms. The van der Waals surface area contributed by atoms with E-state index in [1.807, 2.05) is 0 Å². The van der Waals surface area contributed by atoms with Crippen LogP contribution in [0.15, 0.2) is 0 Å². The lowest BCUT2D eigenvalue weighted by molar-refractivity contribution is 0.0942. The van der Waals surface area contributed by atoms with E-state index in [0.717, 1.165) is 44.8 Å². The van der Waals surface area contributed by atoms with Crippen LogP contribution >= 0.6 is 0 Å². The lowest BCUT2D eigenvalue weighted by Gasteiger charge is -2.39. The lowest BCUT2D eigenvalue weighted by Crippen LogP contribution is -2.51. The van der Waals surface area contributed by atoms with Crippen molar-refractivity contribution in [2.45, 2.75) is 57.6 Å². The van der Waals surface area contributed by atoms with Gasteiger partial charge in [-0.15, -0.1) is 0 Å². The van der Waals surface area contributed by atoms with E-state index in [1.54, 1.807) is 0 Å². The van der Waals surface area contributed by atoms with E-state index in [0.29, 0.717) is 12.0 Å². The van der Waals surface area contributed by atoms with Gasteiger partial charge in [0, 0.05) is 13.2 Å². The van der Waals surface area contributed by atoms with E-state index >= 15 is 0 Å². The van der Waals surface area contributed by atoms with Gasteiger partial charge in [0.1, 0.15) is 5.54 Å². The number of nitriles is 1. The summed E-state index contributed by atoms with van der Waals surface area (Å²) in [5, 5.41) is 13.0. The molecule has 1 aliphatic heterocycles. The highest BCUT2D eigenvalue weighted by molar-refractivity contribution is 5.10. The summed E-state index contributed by atoms with van der Waals surface area (Å²) in [6.07, 6.45) is 5.77. The fourth-order valence-electron chi connectivity index (χ4n) is 3.03. The number of nitrogens with one attached hydrogen (secondary N) is 1. The van der Waals surface area contributed by atoms with Crippen molar-refractivity contribution >= 4 is 0 Å². The SMILES string of the molecule is CC1CCC(C#N)(NCC2CCCO2)CC1C. The maximum absolute atomic E-state index is 9.47. The zero-order valence-electron chi connectivity index (χ0n) is 11.0. The molecule has 0 spiro atoms. The van der Waals surface area contributed by atoms with Gasteiger partial charge < -0.3 is 4.74 Å². The third kappa shape index (κ3) is 3.00. The maximum atomic E-state index is 9.47. The van der Waals surface area contributed by atoms with Gasteiger partial charge in [-0.1, -0.05) is 13.8 Å². The van der Waals surface area contributed by atoms with Crippen LogP contribution < -0.4 is 5.32 Å². The second kappa shape index (κ2) is 5.37. The Balaban J connectivity index is 1.88. The molecule has 1 aliphatic carbocycles. The molecule has 4 atom stereocenters. The second-order valence-electron chi connectivity index (χ2n) is 5.91. The molecule has 0 radical (unpaired) electrons. The van der Waals surface area contributed by atoms with E-state index < -0.39 is 0 Å². The van der Waals surface area contributed by atoms with Crippen LogP contribution in [0.5, 0.6) is 0 Å². The minimum absolute atomic E-state index is 0.294. The van der Waals surface area contributed by atoms with Gasteiger partial charge in [0.25, 0.3) is 0 Å². The monoisotopic (exact) mass is 236 g/mol. The van der Waals surface area contributed by atoms with E-state index in [9.17, 15) is 5.26 Å². The highest BCUT2D eigenvalue weighted by Gasteiger charge is 2.38. The summed E-state index contributed by atoms with van der Waals surface area (Å²) in [5.74, 6) is 1.39. The predicted molar refractivity (Wildman–Crippen MR) is 67.5 cm³/mol. The van der Waals surface area contributed by atoms with Crippen molar-refractivity contribution in [3.8, 4) is 6.07 Å². The van der Waals surface area contributed by atoms with Crippen LogP contribution in [0.25, 0.3) is 0 Å². The largest absolute Gasteiger partial charge is 0.377 e. The topological polar surface area (TPSA) is 45.0 Å². The fourth-order valence-corrected chi connectivity index (χ4v) is 3.03. The first-order valence-corrected chi connectivity index (χ1v) is 6.93. The quantitative estimate of drug-likeness (QED) is 0.818. The molecule has 1 saturated carbocycles. The number of hydrogen-bond acceptors (Lipinski definition) is 3. The van der Waals surface area contributed by atoms with Gasteiger partial charge in [-0.3, -0.25) is 5.32 Å². The van der Waals surface area contributed by atoms with Crippen molar-refractivity contribution in [3.63, 3.8) is 0 Å². The fraction of sp³-hybridized carbons (Fsp3) is 0.929. The normalized spacial score (nSPS) is 42.3. The molecular weight excluding hydrogens is 212 g/mol. The molecular formula is C14H24N2O. The minimum atomic E-state index is -0.294. The third-order valence-corrected chi connectivity index (χ3v) is 4.57. The Morgan fingerprint density at radius 3 is 2.76 bits per heavy atom. The molecule has 1 saturated heterocycles. The van der Waals surface area contributed by atoms with Crippen LogP contribution in [0.1, 0.15) is 46.0 Å². The first-order chi connectivity index (χ1) is 8.15. The molecule has 2 aliphatic rings. The second-order valence-corrected chi connectivity index (χ2v) is 5.91. The van der Waals surface area contributed by atoms with Gasteiger partial charge in [-0.2, -0.15) is 5.26 Å². The molecule has 1 heterocycles. The standard InChI is InChI=1S/C14H24N2O/c1-11-5-6-14(10-15,8-12(11)2)16-9-13-4-3-7-17-13/h11-13,16H,3-9H2,1-2H3. The maximum Gasteiger partial charge on any atom is 0.107 e. The molecule has 3 heteroatoms. The Morgan fingerprint density at radius 1 is 1.35 bits per heavy atom. The Bertz CT molecular complexity index is 293. The summed E-state index contributed by atoms with van der Waals surface area (Å²) >= 11 is 0. The van der Waals surface area contributed by atoms with Gasteiger partial charge >= 0.3 is 0 Å². The van der Waals surface area contributed by atoms with Gasteiger partial charge in [0.05, 0.1) is 12.2 Å². The Labute approximate surface area is 105 Å². The first-order valence-electron chi connectivity index (χ1n) is 6.93. The van der Waals surface area contributed by atoms with E-state index in [-0.39, 0.29) is 5.54 Å². The van der Waals surface area contributed by atoms with E-state index in [4.69, 9.17) is 4.74 Å². The molecule has 0 aromatic heterocycles. The number of ether oxygens (including phenoxy) is 1. The van der Waals surface area contributed by atoms with Gasteiger partial charge in [0.2, 0.25) is 0 Å². The zero-order chi connectivity index (χ0) is 12.3. The van der Waals surface area contributed by atoms with Crippen LogP contribution in [0.3, 0.4) is 0 Å². The van der Waals surface area contributed by atoms with Crippen LogP contribution in [0, 0.1) is 23.2 Å². The molecule has 2 rings (SSSR count). The van der Waals surface area contributed by atoms with Crippen LogP contribution in [-0.2, 0) is 4.74 Å². The van der Waals surface area contributed by atoms with Crippen LogP contribution in [-0.4, -0.2) is 24.8 Å². The number of hydrogen-bond donors (Lipinski definition) is 1. The average Bonchev–Trinajstić information content (AvgIpc) is 2.84. The molecule has 0 aromatic carbocycles. The molecule has 0 amide bonds. The Hall–Kier alpha value is -0.590.